The first-order chi connectivity index (χ1) is 10.2. The van der Waals surface area contributed by atoms with Crippen molar-refractivity contribution in [2.24, 2.45) is 5.92 Å². The maximum atomic E-state index is 10.0. The van der Waals surface area contributed by atoms with E-state index in [1.165, 1.54) is 25.7 Å². The van der Waals surface area contributed by atoms with Gasteiger partial charge in [0, 0.05) is 6.54 Å². The van der Waals surface area contributed by atoms with Crippen LogP contribution < -0.4 is 5.32 Å². The van der Waals surface area contributed by atoms with Crippen LogP contribution in [0.3, 0.4) is 0 Å². The fourth-order valence-electron chi connectivity index (χ4n) is 3.10. The summed E-state index contributed by atoms with van der Waals surface area (Å²) in [6.07, 6.45) is 6.05. The van der Waals surface area contributed by atoms with Crippen LogP contribution in [-0.4, -0.2) is 30.5 Å². The predicted octanol–water partition coefficient (Wildman–Crippen LogP) is 3.02. The van der Waals surface area contributed by atoms with Crippen LogP contribution in [0.25, 0.3) is 0 Å². The average molecular weight is 295 g/mol. The second-order valence-corrected chi connectivity index (χ2v) is 6.12. The summed E-state index contributed by atoms with van der Waals surface area (Å²) in [7, 11) is 0. The van der Waals surface area contributed by atoms with Gasteiger partial charge in [0.15, 0.2) is 0 Å². The van der Waals surface area contributed by atoms with Crippen molar-refractivity contribution in [3.63, 3.8) is 0 Å². The Hall–Kier alpha value is -0.840. The van der Waals surface area contributed by atoms with E-state index in [9.17, 15) is 5.11 Å². The van der Waals surface area contributed by atoms with Gasteiger partial charge in [-0.1, -0.05) is 26.2 Å². The molecule has 0 aromatic carbocycles. The van der Waals surface area contributed by atoms with E-state index in [0.29, 0.717) is 31.7 Å². The molecule has 4 nitrogen and oxygen atoms in total. The molecule has 0 radical (unpaired) electrons. The summed E-state index contributed by atoms with van der Waals surface area (Å²) < 4.78 is 11.4. The third-order valence-electron chi connectivity index (χ3n) is 4.34. The van der Waals surface area contributed by atoms with E-state index in [0.717, 1.165) is 17.9 Å². The summed E-state index contributed by atoms with van der Waals surface area (Å²) in [6.45, 7) is 5.76. The van der Waals surface area contributed by atoms with Crippen LogP contribution in [0.4, 0.5) is 0 Å². The molecule has 3 atom stereocenters. The Balaban J connectivity index is 1.61. The van der Waals surface area contributed by atoms with Gasteiger partial charge in [-0.3, -0.25) is 0 Å². The molecule has 4 heteroatoms. The minimum Gasteiger partial charge on any atom is -0.465 e. The van der Waals surface area contributed by atoms with Crippen molar-refractivity contribution in [2.45, 2.75) is 64.7 Å². The number of hydrogen-bond donors (Lipinski definition) is 2. The van der Waals surface area contributed by atoms with E-state index < -0.39 is 6.10 Å². The Morgan fingerprint density at radius 1 is 1.38 bits per heavy atom. The van der Waals surface area contributed by atoms with Crippen molar-refractivity contribution >= 4 is 0 Å². The highest BCUT2D eigenvalue weighted by molar-refractivity contribution is 5.05. The highest BCUT2D eigenvalue weighted by Gasteiger charge is 2.24. The van der Waals surface area contributed by atoms with Crippen LogP contribution in [0.1, 0.15) is 50.5 Å². The van der Waals surface area contributed by atoms with E-state index in [1.807, 2.05) is 19.1 Å². The number of furan rings is 1. The zero-order valence-electron chi connectivity index (χ0n) is 13.3. The molecule has 0 spiro atoms. The Bertz CT molecular complexity index is 404. The van der Waals surface area contributed by atoms with Gasteiger partial charge < -0.3 is 19.6 Å². The fourth-order valence-corrected chi connectivity index (χ4v) is 3.10. The van der Waals surface area contributed by atoms with Crippen LogP contribution in [0.15, 0.2) is 16.5 Å². The molecular formula is C17H29NO3. The topological polar surface area (TPSA) is 54.6 Å². The Morgan fingerprint density at radius 3 is 2.90 bits per heavy atom. The van der Waals surface area contributed by atoms with E-state index >= 15 is 0 Å². The Labute approximate surface area is 127 Å². The van der Waals surface area contributed by atoms with Crippen molar-refractivity contribution in [1.29, 1.82) is 0 Å². The summed E-state index contributed by atoms with van der Waals surface area (Å²) in [4.78, 5) is 0. The molecule has 2 N–H and O–H groups in total. The molecule has 1 aromatic heterocycles. The average Bonchev–Trinajstić information content (AvgIpc) is 2.91. The molecule has 1 heterocycles. The maximum Gasteiger partial charge on any atom is 0.117 e. The van der Waals surface area contributed by atoms with Crippen LogP contribution in [-0.2, 0) is 11.3 Å². The van der Waals surface area contributed by atoms with Crippen LogP contribution >= 0.6 is 0 Å². The molecular weight excluding hydrogens is 266 g/mol. The molecule has 0 aliphatic heterocycles. The molecule has 1 saturated carbocycles. The molecule has 0 amide bonds. The maximum absolute atomic E-state index is 10.0. The predicted molar refractivity (Wildman–Crippen MR) is 83.1 cm³/mol. The summed E-state index contributed by atoms with van der Waals surface area (Å²) >= 11 is 0. The molecule has 1 fully saturated rings. The second kappa shape index (κ2) is 8.57. The lowest BCUT2D eigenvalue weighted by atomic mass is 9.85. The van der Waals surface area contributed by atoms with Crippen LogP contribution in [0, 0.1) is 12.8 Å². The van der Waals surface area contributed by atoms with Crippen molar-refractivity contribution in [3.8, 4) is 0 Å². The van der Waals surface area contributed by atoms with Crippen molar-refractivity contribution in [2.75, 3.05) is 13.2 Å². The summed E-state index contributed by atoms with van der Waals surface area (Å²) in [5.74, 6) is 2.49. The van der Waals surface area contributed by atoms with E-state index in [-0.39, 0.29) is 0 Å². The van der Waals surface area contributed by atoms with Gasteiger partial charge in [-0.05, 0) is 37.8 Å². The van der Waals surface area contributed by atoms with Gasteiger partial charge >= 0.3 is 0 Å². The van der Waals surface area contributed by atoms with Gasteiger partial charge in [0.1, 0.15) is 11.5 Å². The van der Waals surface area contributed by atoms with E-state index in [1.54, 1.807) is 0 Å². The molecule has 1 aliphatic carbocycles. The number of rotatable bonds is 8. The SMILES string of the molecule is CCC1CCCCC1OCC(O)CNCc1ccc(C)o1. The minimum atomic E-state index is -0.458. The van der Waals surface area contributed by atoms with Gasteiger partial charge in [-0.15, -0.1) is 0 Å². The molecule has 0 bridgehead atoms. The monoisotopic (exact) mass is 295 g/mol. The highest BCUT2D eigenvalue weighted by atomic mass is 16.5. The van der Waals surface area contributed by atoms with Crippen molar-refractivity contribution in [1.82, 2.24) is 5.32 Å². The molecule has 120 valence electrons. The number of aryl methyl sites for hydroxylation is 1. The van der Waals surface area contributed by atoms with Gasteiger partial charge in [0.25, 0.3) is 0 Å². The third kappa shape index (κ3) is 5.46. The van der Waals surface area contributed by atoms with E-state index in [4.69, 9.17) is 9.15 Å². The largest absolute Gasteiger partial charge is 0.465 e. The quantitative estimate of drug-likeness (QED) is 0.774. The molecule has 21 heavy (non-hydrogen) atoms. The van der Waals surface area contributed by atoms with Crippen molar-refractivity contribution in [3.05, 3.63) is 23.7 Å². The van der Waals surface area contributed by atoms with E-state index in [2.05, 4.69) is 12.2 Å². The third-order valence-corrected chi connectivity index (χ3v) is 4.34. The second-order valence-electron chi connectivity index (χ2n) is 6.12. The summed E-state index contributed by atoms with van der Waals surface area (Å²) in [6, 6.07) is 3.91. The first kappa shape index (κ1) is 16.5. The van der Waals surface area contributed by atoms with Gasteiger partial charge in [-0.25, -0.2) is 0 Å². The number of aliphatic hydroxyl groups is 1. The number of nitrogens with one attached hydrogen (secondary N) is 1. The number of aliphatic hydroxyl groups excluding tert-OH is 1. The van der Waals surface area contributed by atoms with Gasteiger partial charge in [0.2, 0.25) is 0 Å². The molecule has 2 rings (SSSR count). The smallest absolute Gasteiger partial charge is 0.117 e. The highest BCUT2D eigenvalue weighted by Crippen LogP contribution is 2.29. The van der Waals surface area contributed by atoms with Gasteiger partial charge in [0.05, 0.1) is 25.4 Å². The summed E-state index contributed by atoms with van der Waals surface area (Å²) in [5.41, 5.74) is 0. The standard InChI is InChI=1S/C17H29NO3/c1-3-14-6-4-5-7-17(14)20-12-15(19)10-18-11-16-9-8-13(2)21-16/h8-9,14-15,17-19H,3-7,10-12H2,1-2H3. The number of ether oxygens (including phenoxy) is 1. The molecule has 1 aromatic rings. The summed E-state index contributed by atoms with van der Waals surface area (Å²) in [5, 5.41) is 13.2. The fraction of sp³-hybridized carbons (Fsp3) is 0.765. The van der Waals surface area contributed by atoms with Crippen LogP contribution in [0.5, 0.6) is 0 Å². The minimum absolute atomic E-state index is 0.339. The van der Waals surface area contributed by atoms with Crippen LogP contribution in [0.2, 0.25) is 0 Å². The molecule has 3 unspecified atom stereocenters. The number of hydrogen-bond acceptors (Lipinski definition) is 4. The first-order valence-corrected chi connectivity index (χ1v) is 8.24. The van der Waals surface area contributed by atoms with Gasteiger partial charge in [-0.2, -0.15) is 0 Å². The van der Waals surface area contributed by atoms with Crippen molar-refractivity contribution < 1.29 is 14.3 Å². The zero-order chi connectivity index (χ0) is 15.1. The Morgan fingerprint density at radius 2 is 2.19 bits per heavy atom. The first-order valence-electron chi connectivity index (χ1n) is 8.24. The zero-order valence-corrected chi connectivity index (χ0v) is 13.3. The normalized spacial score (nSPS) is 24.1. The Kier molecular flexibility index (Phi) is 6.74. The lowest BCUT2D eigenvalue weighted by Crippen LogP contribution is -2.34. The lowest BCUT2D eigenvalue weighted by molar-refractivity contribution is -0.0500. The molecule has 0 saturated heterocycles. The molecule has 1 aliphatic rings. The lowest BCUT2D eigenvalue weighted by Gasteiger charge is -2.31.